The minimum Gasteiger partial charge on any atom is -0.394 e. The van der Waals surface area contributed by atoms with Crippen LogP contribution in [-0.2, 0) is 4.74 Å². The van der Waals surface area contributed by atoms with Crippen LogP contribution in [0.25, 0.3) is 0 Å². The zero-order valence-corrected chi connectivity index (χ0v) is 9.82. The number of aliphatic hydroxyl groups is 2. The number of hydrogen-bond donors (Lipinski definition) is 3. The van der Waals surface area contributed by atoms with E-state index in [-0.39, 0.29) is 10.3 Å². The Morgan fingerprint density at radius 2 is 2.59 bits per heavy atom. The third kappa shape index (κ3) is 2.32. The quantitative estimate of drug-likeness (QED) is 0.645. The van der Waals surface area contributed by atoms with Gasteiger partial charge in [-0.15, -0.1) is 0 Å². The first-order chi connectivity index (χ1) is 9.15. The summed E-state index contributed by atoms with van der Waals surface area (Å²) in [6, 6.07) is 0. The van der Waals surface area contributed by atoms with Gasteiger partial charge in [-0.3, -0.25) is 14.3 Å². The van der Waals surface area contributed by atoms with Crippen molar-refractivity contribution in [2.24, 2.45) is 0 Å². The molecule has 2 heterocycles. The molecule has 6 nitrogen and oxygen atoms in total. The molecule has 1 aromatic heterocycles. The van der Waals surface area contributed by atoms with Gasteiger partial charge in [-0.25, -0.2) is 0 Å². The molecule has 1 aliphatic heterocycles. The molecular weight excluding hydrogens is 244 g/mol. The lowest BCUT2D eigenvalue weighted by Gasteiger charge is -2.15. The van der Waals surface area contributed by atoms with E-state index in [4.69, 9.17) is 26.2 Å². The van der Waals surface area contributed by atoms with E-state index in [9.17, 15) is 9.90 Å². The van der Waals surface area contributed by atoms with E-state index in [1.54, 1.807) is 0 Å². The van der Waals surface area contributed by atoms with Crippen LogP contribution in [-0.4, -0.2) is 38.6 Å². The molecule has 0 bridgehead atoms. The highest BCUT2D eigenvalue weighted by atomic mass is 32.1. The van der Waals surface area contributed by atoms with Crippen LogP contribution in [0.15, 0.2) is 11.0 Å². The van der Waals surface area contributed by atoms with Crippen LogP contribution >= 0.6 is 12.2 Å². The Balaban J connectivity index is 2.65. The highest BCUT2D eigenvalue weighted by molar-refractivity contribution is 7.71. The second kappa shape index (κ2) is 4.69. The molecule has 2 rings (SSSR count). The van der Waals surface area contributed by atoms with Crippen molar-refractivity contribution in [1.82, 2.24) is 9.55 Å². The number of ether oxygens (including phenoxy) is 1. The molecule has 3 N–H and O–H groups in total. The summed E-state index contributed by atoms with van der Waals surface area (Å²) in [7, 11) is 0. The molecule has 1 saturated heterocycles. The number of nitrogens with one attached hydrogen (secondary N) is 1. The van der Waals surface area contributed by atoms with Crippen molar-refractivity contribution in [3.8, 4) is 0 Å². The van der Waals surface area contributed by atoms with E-state index in [1.165, 1.54) is 13.1 Å². The summed E-state index contributed by atoms with van der Waals surface area (Å²) in [5.41, 5.74) is -0.237. The lowest BCUT2D eigenvalue weighted by atomic mass is 10.2. The Labute approximate surface area is 107 Å². The Morgan fingerprint density at radius 3 is 3.18 bits per heavy atom. The van der Waals surface area contributed by atoms with Gasteiger partial charge in [0.05, 0.1) is 14.1 Å². The van der Waals surface area contributed by atoms with Crippen LogP contribution in [0, 0.1) is 11.7 Å². The molecule has 94 valence electrons. The van der Waals surface area contributed by atoms with Crippen molar-refractivity contribution >= 4 is 12.2 Å². The average Bonchev–Trinajstić information content (AvgIpc) is 2.55. The van der Waals surface area contributed by atoms with Gasteiger partial charge in [0.2, 0.25) is 0 Å². The summed E-state index contributed by atoms with van der Waals surface area (Å²) in [5, 5.41) is 18.9. The summed E-state index contributed by atoms with van der Waals surface area (Å²) in [6.07, 6.45) is -6.66. The fourth-order valence-electron chi connectivity index (χ4n) is 1.44. The predicted octanol–water partition coefficient (Wildman–Crippen LogP) is -0.145. The summed E-state index contributed by atoms with van der Waals surface area (Å²) in [5.74, 6) is 0. The van der Waals surface area contributed by atoms with Crippen LogP contribution in [0.4, 0.5) is 0 Å². The first-order valence-electron chi connectivity index (χ1n) is 6.45. The number of aromatic amines is 1. The molecule has 1 aliphatic rings. The number of rotatable bonds is 2. The lowest BCUT2D eigenvalue weighted by molar-refractivity contribution is -0.0453. The van der Waals surface area contributed by atoms with Crippen LogP contribution < -0.4 is 5.56 Å². The van der Waals surface area contributed by atoms with Crippen molar-refractivity contribution < 1.29 is 19.1 Å². The zero-order chi connectivity index (χ0) is 15.3. The van der Waals surface area contributed by atoms with Crippen molar-refractivity contribution in [3.63, 3.8) is 0 Å². The molecule has 0 unspecified atom stereocenters. The van der Waals surface area contributed by atoms with Crippen LogP contribution in [0.2, 0.25) is 0 Å². The normalized spacial score (nSPS) is 38.4. The Hall–Kier alpha value is -1.02. The third-order valence-corrected chi connectivity index (χ3v) is 2.70. The molecule has 17 heavy (non-hydrogen) atoms. The van der Waals surface area contributed by atoms with Crippen LogP contribution in [0.1, 0.15) is 22.3 Å². The van der Waals surface area contributed by atoms with E-state index in [0.717, 1.165) is 4.57 Å². The summed E-state index contributed by atoms with van der Waals surface area (Å²) >= 11 is 4.92. The van der Waals surface area contributed by atoms with Gasteiger partial charge in [-0.05, 0) is 19.1 Å². The van der Waals surface area contributed by atoms with Crippen molar-refractivity contribution in [2.45, 2.75) is 31.7 Å². The summed E-state index contributed by atoms with van der Waals surface area (Å²) in [6.45, 7) is 0.828. The number of aromatic nitrogens is 2. The Bertz CT molecular complexity index is 646. The van der Waals surface area contributed by atoms with Gasteiger partial charge < -0.3 is 14.9 Å². The zero-order valence-electron chi connectivity index (χ0n) is 12.0. The van der Waals surface area contributed by atoms with Gasteiger partial charge >= 0.3 is 0 Å². The summed E-state index contributed by atoms with van der Waals surface area (Å²) < 4.78 is 29.8. The SMILES string of the molecule is [2H]C1([2H])[C@H](O)[C@@H](CO)O[C@@]1([2H])n1cc(C)c(=O)[nH]c1=S. The van der Waals surface area contributed by atoms with E-state index in [1.807, 2.05) is 0 Å². The van der Waals surface area contributed by atoms with Gasteiger partial charge in [0.1, 0.15) is 12.3 Å². The number of H-pyrrole nitrogens is 1. The maximum Gasteiger partial charge on any atom is 0.254 e. The first-order valence-corrected chi connectivity index (χ1v) is 5.36. The predicted molar refractivity (Wildman–Crippen MR) is 62.2 cm³/mol. The minimum atomic E-state index is -2.52. The number of hydrogen-bond acceptors (Lipinski definition) is 5. The van der Waals surface area contributed by atoms with Gasteiger partial charge in [0, 0.05) is 20.9 Å². The maximum atomic E-state index is 11.4. The number of nitrogens with zero attached hydrogens (tertiary/aromatic N) is 1. The smallest absolute Gasteiger partial charge is 0.254 e. The number of aryl methyl sites for hydroxylation is 1. The topological polar surface area (TPSA) is 87.5 Å². The fourth-order valence-corrected chi connectivity index (χ4v) is 1.67. The first kappa shape index (κ1) is 8.98. The largest absolute Gasteiger partial charge is 0.394 e. The summed E-state index contributed by atoms with van der Waals surface area (Å²) in [4.78, 5) is 13.7. The second-order valence-corrected chi connectivity index (χ2v) is 4.06. The second-order valence-electron chi connectivity index (χ2n) is 3.67. The highest BCUT2D eigenvalue weighted by Crippen LogP contribution is 2.28. The van der Waals surface area contributed by atoms with E-state index < -0.39 is 37.0 Å². The minimum absolute atomic E-state index is 0.203. The molecular formula is C10H14N2O4S. The average molecular weight is 261 g/mol. The van der Waals surface area contributed by atoms with Crippen LogP contribution in [0.5, 0.6) is 0 Å². The standard InChI is InChI=1S/C10H14N2O4S/c1-5-3-12(10(17)11-9(5)15)8-2-6(14)7(4-13)16-8/h3,6-8,13-14H,2,4H2,1H3,(H,11,15,17)/t6-,7+,8+/m0/s1/i2D2,8D. The molecule has 3 atom stereocenters. The van der Waals surface area contributed by atoms with Crippen LogP contribution in [0.3, 0.4) is 0 Å². The molecule has 0 aliphatic carbocycles. The van der Waals surface area contributed by atoms with E-state index >= 15 is 0 Å². The highest BCUT2D eigenvalue weighted by Gasteiger charge is 2.34. The third-order valence-electron chi connectivity index (χ3n) is 2.41. The molecule has 0 aromatic carbocycles. The Kier molecular flexibility index (Phi) is 2.48. The van der Waals surface area contributed by atoms with Gasteiger partial charge in [0.25, 0.3) is 5.56 Å². The monoisotopic (exact) mass is 261 g/mol. The molecule has 0 spiro atoms. The van der Waals surface area contributed by atoms with Crippen molar-refractivity contribution in [1.29, 1.82) is 0 Å². The molecule has 1 fully saturated rings. The van der Waals surface area contributed by atoms with Crippen molar-refractivity contribution in [3.05, 3.63) is 26.9 Å². The molecule has 0 radical (unpaired) electrons. The van der Waals surface area contributed by atoms with E-state index in [0.29, 0.717) is 0 Å². The number of aliphatic hydroxyl groups excluding tert-OH is 2. The Morgan fingerprint density at radius 1 is 1.88 bits per heavy atom. The van der Waals surface area contributed by atoms with E-state index in [2.05, 4.69) is 4.98 Å². The lowest BCUT2D eigenvalue weighted by Crippen LogP contribution is -2.24. The molecule has 1 aromatic rings. The molecule has 7 heteroatoms. The molecule has 0 saturated carbocycles. The van der Waals surface area contributed by atoms with Gasteiger partial charge in [-0.1, -0.05) is 0 Å². The van der Waals surface area contributed by atoms with Gasteiger partial charge in [0.15, 0.2) is 4.77 Å². The molecule has 0 amide bonds. The van der Waals surface area contributed by atoms with Crippen molar-refractivity contribution in [2.75, 3.05) is 6.61 Å². The fraction of sp³-hybridized carbons (Fsp3) is 0.600. The van der Waals surface area contributed by atoms with Gasteiger partial charge in [-0.2, -0.15) is 0 Å². The maximum absolute atomic E-state index is 11.4.